The average molecular weight is 306 g/mol. The number of rotatable bonds is 2. The second-order valence-corrected chi connectivity index (χ2v) is 5.66. The monoisotopic (exact) mass is 305 g/mol. The van der Waals surface area contributed by atoms with Gasteiger partial charge in [0.1, 0.15) is 5.75 Å². The van der Waals surface area contributed by atoms with Crippen LogP contribution in [0.15, 0.2) is 24.4 Å². The second kappa shape index (κ2) is 5.41. The summed E-state index contributed by atoms with van der Waals surface area (Å²) in [6, 6.07) is 4.43. The predicted octanol–water partition coefficient (Wildman–Crippen LogP) is 2.59. The van der Waals surface area contributed by atoms with Crippen molar-refractivity contribution >= 4 is 17.5 Å². The van der Waals surface area contributed by atoms with Crippen molar-refractivity contribution in [3.8, 4) is 5.75 Å². The largest absolute Gasteiger partial charge is 0.506 e. The van der Waals surface area contributed by atoms with Gasteiger partial charge in [-0.25, -0.2) is 0 Å². The number of fused-ring (bicyclic) bond motifs is 1. The number of carbonyl (C=O) groups excluding carboxylic acids is 1. The molecule has 0 saturated carbocycles. The molecule has 0 spiro atoms. The van der Waals surface area contributed by atoms with E-state index in [0.717, 1.165) is 24.8 Å². The molecule has 0 bridgehead atoms. The van der Waals surface area contributed by atoms with Crippen LogP contribution in [0.3, 0.4) is 0 Å². The molecule has 110 valence electrons. The SMILES string of the molecule is Cn1ncc2c1CCC[C@@H]2NC(=O)c1ccc(O)c(Cl)c1. The number of phenolic OH excluding ortho intramolecular Hbond substituents is 1. The number of phenols is 1. The van der Waals surface area contributed by atoms with Gasteiger partial charge in [0, 0.05) is 23.9 Å². The molecule has 2 N–H and O–H groups in total. The summed E-state index contributed by atoms with van der Waals surface area (Å²) in [6.07, 6.45) is 4.73. The molecule has 0 unspecified atom stereocenters. The zero-order valence-electron chi connectivity index (χ0n) is 11.6. The van der Waals surface area contributed by atoms with Crippen LogP contribution in [-0.2, 0) is 13.5 Å². The van der Waals surface area contributed by atoms with E-state index in [9.17, 15) is 9.90 Å². The Kier molecular flexibility index (Phi) is 3.59. The van der Waals surface area contributed by atoms with E-state index in [2.05, 4.69) is 10.4 Å². The molecule has 0 saturated heterocycles. The van der Waals surface area contributed by atoms with Crippen LogP contribution in [0.2, 0.25) is 5.02 Å². The van der Waals surface area contributed by atoms with E-state index in [1.807, 2.05) is 17.9 Å². The van der Waals surface area contributed by atoms with Crippen LogP contribution >= 0.6 is 11.6 Å². The van der Waals surface area contributed by atoms with Crippen molar-refractivity contribution in [2.45, 2.75) is 25.3 Å². The second-order valence-electron chi connectivity index (χ2n) is 5.25. The number of nitrogens with one attached hydrogen (secondary N) is 1. The van der Waals surface area contributed by atoms with Crippen LogP contribution < -0.4 is 5.32 Å². The van der Waals surface area contributed by atoms with E-state index in [1.165, 1.54) is 17.8 Å². The van der Waals surface area contributed by atoms with E-state index >= 15 is 0 Å². The van der Waals surface area contributed by atoms with E-state index in [0.29, 0.717) is 5.56 Å². The average Bonchev–Trinajstić information content (AvgIpc) is 2.85. The van der Waals surface area contributed by atoms with Gasteiger partial charge in [0.25, 0.3) is 5.91 Å². The molecular formula is C15H16ClN3O2. The van der Waals surface area contributed by atoms with Gasteiger partial charge in [-0.3, -0.25) is 9.48 Å². The fourth-order valence-electron chi connectivity index (χ4n) is 2.75. The lowest BCUT2D eigenvalue weighted by Crippen LogP contribution is -2.30. The topological polar surface area (TPSA) is 67.2 Å². The lowest BCUT2D eigenvalue weighted by atomic mass is 9.93. The van der Waals surface area contributed by atoms with Gasteiger partial charge >= 0.3 is 0 Å². The van der Waals surface area contributed by atoms with Crippen molar-refractivity contribution in [3.63, 3.8) is 0 Å². The van der Waals surface area contributed by atoms with Crippen molar-refractivity contribution < 1.29 is 9.90 Å². The van der Waals surface area contributed by atoms with Crippen molar-refractivity contribution in [3.05, 3.63) is 46.2 Å². The van der Waals surface area contributed by atoms with E-state index in [4.69, 9.17) is 11.6 Å². The van der Waals surface area contributed by atoms with Gasteiger partial charge in [-0.2, -0.15) is 5.10 Å². The van der Waals surface area contributed by atoms with Crippen LogP contribution in [0, 0.1) is 0 Å². The third-order valence-corrected chi connectivity index (χ3v) is 4.19. The highest BCUT2D eigenvalue weighted by Crippen LogP contribution is 2.30. The van der Waals surface area contributed by atoms with Gasteiger partial charge in [-0.1, -0.05) is 11.6 Å². The lowest BCUT2D eigenvalue weighted by Gasteiger charge is -2.23. The predicted molar refractivity (Wildman–Crippen MR) is 79.5 cm³/mol. The number of nitrogens with zero attached hydrogens (tertiary/aromatic N) is 2. The first-order valence-electron chi connectivity index (χ1n) is 6.86. The molecule has 1 aliphatic carbocycles. The number of benzene rings is 1. The summed E-state index contributed by atoms with van der Waals surface area (Å²) in [6.45, 7) is 0. The summed E-state index contributed by atoms with van der Waals surface area (Å²) in [4.78, 5) is 12.3. The number of aromatic nitrogens is 2. The number of halogens is 1. The summed E-state index contributed by atoms with van der Waals surface area (Å²) in [5.74, 6) is -0.223. The van der Waals surface area contributed by atoms with Gasteiger partial charge in [-0.15, -0.1) is 0 Å². The molecule has 1 aromatic carbocycles. The Bertz CT molecular complexity index is 696. The van der Waals surface area contributed by atoms with E-state index in [-0.39, 0.29) is 22.7 Å². The zero-order chi connectivity index (χ0) is 15.0. The molecular weight excluding hydrogens is 290 g/mol. The molecule has 1 aliphatic rings. The number of aryl methyl sites for hydroxylation is 1. The van der Waals surface area contributed by atoms with Gasteiger partial charge in [0.05, 0.1) is 17.3 Å². The molecule has 1 amide bonds. The first kappa shape index (κ1) is 13.9. The summed E-state index contributed by atoms with van der Waals surface area (Å²) in [5, 5.41) is 16.9. The van der Waals surface area contributed by atoms with Crippen LogP contribution in [0.4, 0.5) is 0 Å². The lowest BCUT2D eigenvalue weighted by molar-refractivity contribution is 0.0932. The minimum absolute atomic E-state index is 0.0254. The first-order chi connectivity index (χ1) is 10.1. The Morgan fingerprint density at radius 1 is 1.52 bits per heavy atom. The number of hydrogen-bond acceptors (Lipinski definition) is 3. The van der Waals surface area contributed by atoms with Gasteiger partial charge < -0.3 is 10.4 Å². The molecule has 21 heavy (non-hydrogen) atoms. The molecule has 0 aliphatic heterocycles. The molecule has 6 heteroatoms. The van der Waals surface area contributed by atoms with E-state index < -0.39 is 0 Å². The Morgan fingerprint density at radius 3 is 3.10 bits per heavy atom. The number of amides is 1. The molecule has 3 rings (SSSR count). The summed E-state index contributed by atoms with van der Waals surface area (Å²) in [5.41, 5.74) is 2.70. The van der Waals surface area contributed by atoms with Crippen molar-refractivity contribution in [2.24, 2.45) is 7.05 Å². The van der Waals surface area contributed by atoms with Gasteiger partial charge in [0.15, 0.2) is 0 Å². The van der Waals surface area contributed by atoms with Crippen LogP contribution in [0.5, 0.6) is 5.75 Å². The quantitative estimate of drug-likeness (QED) is 0.896. The van der Waals surface area contributed by atoms with Crippen LogP contribution in [0.1, 0.15) is 40.5 Å². The Morgan fingerprint density at radius 2 is 2.33 bits per heavy atom. The normalized spacial score (nSPS) is 17.3. The molecule has 1 heterocycles. The molecule has 5 nitrogen and oxygen atoms in total. The minimum Gasteiger partial charge on any atom is -0.506 e. The third kappa shape index (κ3) is 2.61. The Labute approximate surface area is 127 Å². The standard InChI is InChI=1S/C15H16ClN3O2/c1-19-13-4-2-3-12(10(13)8-17-19)18-15(21)9-5-6-14(20)11(16)7-9/h5-8,12,20H,2-4H2,1H3,(H,18,21)/t12-/m0/s1. The minimum atomic E-state index is -0.196. The molecule has 0 radical (unpaired) electrons. The van der Waals surface area contributed by atoms with Crippen molar-refractivity contribution in [2.75, 3.05) is 0 Å². The highest BCUT2D eigenvalue weighted by Gasteiger charge is 2.25. The maximum absolute atomic E-state index is 12.3. The zero-order valence-corrected chi connectivity index (χ0v) is 12.4. The summed E-state index contributed by atoms with van der Waals surface area (Å²) < 4.78 is 1.87. The van der Waals surface area contributed by atoms with Crippen LogP contribution in [-0.4, -0.2) is 20.8 Å². The fourth-order valence-corrected chi connectivity index (χ4v) is 2.93. The summed E-state index contributed by atoms with van der Waals surface area (Å²) >= 11 is 5.84. The van der Waals surface area contributed by atoms with Crippen LogP contribution in [0.25, 0.3) is 0 Å². The maximum Gasteiger partial charge on any atom is 0.251 e. The first-order valence-corrected chi connectivity index (χ1v) is 7.24. The maximum atomic E-state index is 12.3. The Hall–Kier alpha value is -2.01. The highest BCUT2D eigenvalue weighted by molar-refractivity contribution is 6.32. The van der Waals surface area contributed by atoms with Crippen molar-refractivity contribution in [1.82, 2.24) is 15.1 Å². The smallest absolute Gasteiger partial charge is 0.251 e. The molecule has 1 aromatic heterocycles. The molecule has 2 aromatic rings. The number of hydrogen-bond donors (Lipinski definition) is 2. The van der Waals surface area contributed by atoms with E-state index in [1.54, 1.807) is 6.07 Å². The van der Waals surface area contributed by atoms with Gasteiger partial charge in [-0.05, 0) is 37.5 Å². The van der Waals surface area contributed by atoms with Gasteiger partial charge in [0.2, 0.25) is 0 Å². The number of aromatic hydroxyl groups is 1. The Balaban J connectivity index is 1.81. The highest BCUT2D eigenvalue weighted by atomic mass is 35.5. The fraction of sp³-hybridized carbons (Fsp3) is 0.333. The number of carbonyl (C=O) groups is 1. The molecule has 1 atom stereocenters. The summed E-state index contributed by atoms with van der Waals surface area (Å²) in [7, 11) is 1.92. The molecule has 0 fully saturated rings. The third-order valence-electron chi connectivity index (χ3n) is 3.89. The van der Waals surface area contributed by atoms with Crippen molar-refractivity contribution in [1.29, 1.82) is 0 Å².